The Balaban J connectivity index is 2.63. The van der Waals surface area contributed by atoms with Crippen molar-refractivity contribution in [3.8, 4) is 17.1 Å². The fraction of sp³-hybridized carbons (Fsp3) is 0.333. The van der Waals surface area contributed by atoms with Crippen molar-refractivity contribution < 1.29 is 32.9 Å². The van der Waals surface area contributed by atoms with Crippen LogP contribution in [-0.4, -0.2) is 39.1 Å². The number of H-pyrrole nitrogens is 1. The van der Waals surface area contributed by atoms with Crippen molar-refractivity contribution in [1.29, 1.82) is 0 Å². The van der Waals surface area contributed by atoms with Gasteiger partial charge >= 0.3 is 12.3 Å². The Morgan fingerprint density at radius 3 is 2.58 bits per heavy atom. The van der Waals surface area contributed by atoms with Crippen molar-refractivity contribution in [2.24, 2.45) is 0 Å². The average molecular weight is 344 g/mol. The van der Waals surface area contributed by atoms with Crippen molar-refractivity contribution in [3.05, 3.63) is 35.7 Å². The van der Waals surface area contributed by atoms with Crippen LogP contribution in [-0.2, 0) is 5.41 Å². The van der Waals surface area contributed by atoms with Gasteiger partial charge in [0.1, 0.15) is 5.69 Å². The second kappa shape index (κ2) is 6.16. The van der Waals surface area contributed by atoms with Crippen LogP contribution in [0.5, 0.6) is 5.75 Å². The van der Waals surface area contributed by atoms with E-state index in [2.05, 4.69) is 14.7 Å². The molecule has 0 fully saturated rings. The zero-order valence-electron chi connectivity index (χ0n) is 12.8. The standard InChI is InChI=1S/C15H15F3N2O4/c1-14(2,7-21)10-6-8(13(22)23)11(20-10)12-9(4-3-5-19-12)24-15(16,17)18/h3-6,20-21H,7H2,1-2H3,(H,22,23). The predicted molar refractivity (Wildman–Crippen MR) is 77.8 cm³/mol. The molecule has 2 heterocycles. The van der Waals surface area contributed by atoms with Crippen molar-refractivity contribution in [3.63, 3.8) is 0 Å². The Bertz CT molecular complexity index is 753. The molecule has 2 aromatic heterocycles. The van der Waals surface area contributed by atoms with Crippen LogP contribution in [0.15, 0.2) is 24.4 Å². The SMILES string of the molecule is CC(C)(CO)c1cc(C(=O)O)c(-c2ncccc2OC(F)(F)F)[nH]1. The Morgan fingerprint density at radius 2 is 2.04 bits per heavy atom. The van der Waals surface area contributed by atoms with Gasteiger partial charge in [0.25, 0.3) is 0 Å². The maximum absolute atomic E-state index is 12.5. The summed E-state index contributed by atoms with van der Waals surface area (Å²) in [4.78, 5) is 18.0. The van der Waals surface area contributed by atoms with Crippen LogP contribution in [0.3, 0.4) is 0 Å². The summed E-state index contributed by atoms with van der Waals surface area (Å²) in [6.45, 7) is 3.01. The number of hydrogen-bond acceptors (Lipinski definition) is 4. The van der Waals surface area contributed by atoms with E-state index < -0.39 is 23.5 Å². The van der Waals surface area contributed by atoms with E-state index in [0.29, 0.717) is 5.69 Å². The highest BCUT2D eigenvalue weighted by molar-refractivity contribution is 5.95. The number of nitrogens with one attached hydrogen (secondary N) is 1. The van der Waals surface area contributed by atoms with Gasteiger partial charge in [-0.15, -0.1) is 13.2 Å². The van der Waals surface area contributed by atoms with Gasteiger partial charge in [0, 0.05) is 17.3 Å². The van der Waals surface area contributed by atoms with Crippen LogP contribution in [0.4, 0.5) is 13.2 Å². The largest absolute Gasteiger partial charge is 0.573 e. The van der Waals surface area contributed by atoms with E-state index in [9.17, 15) is 28.2 Å². The number of nitrogens with zero attached hydrogens (tertiary/aromatic N) is 1. The summed E-state index contributed by atoms with van der Waals surface area (Å²) in [6.07, 6.45) is -3.72. The molecule has 0 radical (unpaired) electrons. The molecule has 2 rings (SSSR count). The Labute approximate surface area is 134 Å². The zero-order chi connectivity index (χ0) is 18.1. The normalized spacial score (nSPS) is 12.2. The number of hydrogen-bond donors (Lipinski definition) is 3. The van der Waals surface area contributed by atoms with Gasteiger partial charge in [-0.05, 0) is 18.2 Å². The highest BCUT2D eigenvalue weighted by Crippen LogP contribution is 2.35. The first-order chi connectivity index (χ1) is 11.0. The predicted octanol–water partition coefficient (Wildman–Crippen LogP) is 2.94. The topological polar surface area (TPSA) is 95.4 Å². The lowest BCUT2D eigenvalue weighted by Gasteiger charge is -2.19. The minimum Gasteiger partial charge on any atom is -0.478 e. The fourth-order valence-corrected chi connectivity index (χ4v) is 2.05. The monoisotopic (exact) mass is 344 g/mol. The van der Waals surface area contributed by atoms with Gasteiger partial charge in [-0.1, -0.05) is 13.8 Å². The summed E-state index contributed by atoms with van der Waals surface area (Å²) in [6, 6.07) is 3.55. The highest BCUT2D eigenvalue weighted by Gasteiger charge is 2.34. The fourth-order valence-electron chi connectivity index (χ4n) is 2.05. The van der Waals surface area contributed by atoms with E-state index in [-0.39, 0.29) is 23.6 Å². The summed E-state index contributed by atoms with van der Waals surface area (Å²) in [7, 11) is 0. The minimum atomic E-state index is -4.94. The first-order valence-electron chi connectivity index (χ1n) is 6.84. The van der Waals surface area contributed by atoms with Gasteiger partial charge in [0.15, 0.2) is 5.75 Å². The molecule has 0 aliphatic heterocycles. The number of aromatic amines is 1. The third-order valence-electron chi connectivity index (χ3n) is 3.41. The number of rotatable bonds is 5. The molecule has 0 bridgehead atoms. The minimum absolute atomic E-state index is 0.126. The quantitative estimate of drug-likeness (QED) is 0.775. The van der Waals surface area contributed by atoms with Crippen LogP contribution in [0.1, 0.15) is 29.9 Å². The summed E-state index contributed by atoms with van der Waals surface area (Å²) in [5.41, 5.74) is -1.15. The number of aliphatic hydroxyl groups excluding tert-OH is 1. The van der Waals surface area contributed by atoms with E-state index in [1.165, 1.54) is 18.3 Å². The molecule has 130 valence electrons. The molecule has 2 aromatic rings. The van der Waals surface area contributed by atoms with Crippen molar-refractivity contribution >= 4 is 5.97 Å². The van der Waals surface area contributed by atoms with Gasteiger partial charge in [-0.25, -0.2) is 4.79 Å². The smallest absolute Gasteiger partial charge is 0.478 e. The second-order valence-electron chi connectivity index (χ2n) is 5.72. The van der Waals surface area contributed by atoms with E-state index in [4.69, 9.17) is 0 Å². The van der Waals surface area contributed by atoms with Crippen molar-refractivity contribution in [1.82, 2.24) is 9.97 Å². The Hall–Kier alpha value is -2.55. The summed E-state index contributed by atoms with van der Waals surface area (Å²) in [5, 5.41) is 18.7. The van der Waals surface area contributed by atoms with Crippen LogP contribution >= 0.6 is 0 Å². The number of aromatic carboxylic acids is 1. The Kier molecular flexibility index (Phi) is 4.57. The molecule has 24 heavy (non-hydrogen) atoms. The third-order valence-corrected chi connectivity index (χ3v) is 3.41. The van der Waals surface area contributed by atoms with Gasteiger partial charge in [0.2, 0.25) is 0 Å². The molecule has 0 saturated carbocycles. The third kappa shape index (κ3) is 3.67. The number of ether oxygens (including phenoxy) is 1. The van der Waals surface area contributed by atoms with Gasteiger partial charge in [-0.3, -0.25) is 4.98 Å². The molecule has 0 amide bonds. The Morgan fingerprint density at radius 1 is 1.38 bits per heavy atom. The van der Waals surface area contributed by atoms with Crippen LogP contribution in [0.25, 0.3) is 11.4 Å². The average Bonchev–Trinajstić information content (AvgIpc) is 2.92. The number of alkyl halides is 3. The van der Waals surface area contributed by atoms with E-state index in [0.717, 1.165) is 6.07 Å². The van der Waals surface area contributed by atoms with Gasteiger partial charge in [-0.2, -0.15) is 0 Å². The molecule has 9 heteroatoms. The molecule has 0 aliphatic carbocycles. The van der Waals surface area contributed by atoms with Crippen LogP contribution in [0.2, 0.25) is 0 Å². The first-order valence-corrected chi connectivity index (χ1v) is 6.84. The number of aromatic nitrogens is 2. The lowest BCUT2D eigenvalue weighted by molar-refractivity contribution is -0.274. The first kappa shape index (κ1) is 17.8. The number of carboxylic acids is 1. The maximum atomic E-state index is 12.5. The zero-order valence-corrected chi connectivity index (χ0v) is 12.8. The van der Waals surface area contributed by atoms with Crippen LogP contribution in [0, 0.1) is 0 Å². The number of carboxylic acid groups (broad SMARTS) is 1. The molecule has 0 aromatic carbocycles. The summed E-state index contributed by atoms with van der Waals surface area (Å²) < 4.78 is 41.5. The lowest BCUT2D eigenvalue weighted by Crippen LogP contribution is -2.22. The molecular weight excluding hydrogens is 329 g/mol. The van der Waals surface area contributed by atoms with Crippen molar-refractivity contribution in [2.75, 3.05) is 6.61 Å². The number of halogens is 3. The lowest BCUT2D eigenvalue weighted by atomic mass is 9.90. The molecule has 0 saturated heterocycles. The summed E-state index contributed by atoms with van der Waals surface area (Å²) >= 11 is 0. The molecule has 6 nitrogen and oxygen atoms in total. The van der Waals surface area contributed by atoms with E-state index in [1.807, 2.05) is 0 Å². The molecular formula is C15H15F3N2O4. The van der Waals surface area contributed by atoms with Crippen LogP contribution < -0.4 is 4.74 Å². The molecule has 0 atom stereocenters. The highest BCUT2D eigenvalue weighted by atomic mass is 19.4. The second-order valence-corrected chi connectivity index (χ2v) is 5.72. The van der Waals surface area contributed by atoms with E-state index in [1.54, 1.807) is 13.8 Å². The molecule has 0 unspecified atom stereocenters. The van der Waals surface area contributed by atoms with Gasteiger partial charge < -0.3 is 19.9 Å². The molecule has 3 N–H and O–H groups in total. The van der Waals surface area contributed by atoms with Gasteiger partial charge in [0.05, 0.1) is 17.9 Å². The number of aliphatic hydroxyl groups is 1. The number of pyridine rings is 1. The van der Waals surface area contributed by atoms with E-state index >= 15 is 0 Å². The molecule has 0 spiro atoms. The maximum Gasteiger partial charge on any atom is 0.573 e. The summed E-state index contributed by atoms with van der Waals surface area (Å²) in [5.74, 6) is -1.97. The number of carbonyl (C=O) groups is 1. The molecule has 0 aliphatic rings. The van der Waals surface area contributed by atoms with Crippen molar-refractivity contribution in [2.45, 2.75) is 25.6 Å².